The van der Waals surface area contributed by atoms with Gasteiger partial charge in [-0.15, -0.1) is 5.10 Å². The van der Waals surface area contributed by atoms with Crippen LogP contribution in [0, 0.1) is 0 Å². The molecule has 4 rings (SSSR count). The number of unbranched alkanes of at least 4 members (excludes halogenated alkanes) is 1. The second kappa shape index (κ2) is 12.6. The lowest BCUT2D eigenvalue weighted by Gasteiger charge is -2.34. The van der Waals surface area contributed by atoms with E-state index in [0.29, 0.717) is 36.5 Å². The Bertz CT molecular complexity index is 1290. The van der Waals surface area contributed by atoms with Crippen molar-refractivity contribution in [1.29, 1.82) is 0 Å². The van der Waals surface area contributed by atoms with E-state index < -0.39 is 16.1 Å². The zero-order valence-corrected chi connectivity index (χ0v) is 23.4. The Labute approximate surface area is 225 Å². The molecular formula is C27H38N6O4S. The highest BCUT2D eigenvalue weighted by Gasteiger charge is 2.24. The number of sulfonamides is 1. The molecule has 0 bridgehead atoms. The molecule has 0 spiro atoms. The number of hydrogen-bond donors (Lipinski definition) is 1. The van der Waals surface area contributed by atoms with Crippen molar-refractivity contribution < 1.29 is 17.9 Å². The molecular weight excluding hydrogens is 504 g/mol. The predicted octanol–water partition coefficient (Wildman–Crippen LogP) is 4.06. The van der Waals surface area contributed by atoms with Crippen molar-refractivity contribution in [3.8, 4) is 17.5 Å². The number of anilines is 1. The largest absolute Gasteiger partial charge is 0.494 e. The van der Waals surface area contributed by atoms with Crippen molar-refractivity contribution in [2.24, 2.45) is 0 Å². The standard InChI is InChI=1S/C27H38N6O4S/c1-5-7-19-36-23-11-13-25(14-12-23)38(34,35)30-21(3)26-28-29-27(33(26)6-2)37-24-10-8-9-22(20-24)32-17-15-31(4)16-18-32/h8-14,20-21,30H,5-7,15-19H2,1-4H3/t21-/m1/s1. The topological polar surface area (TPSA) is 102 Å². The summed E-state index contributed by atoms with van der Waals surface area (Å²) in [6.07, 6.45) is 1.98. The second-order valence-corrected chi connectivity index (χ2v) is 11.2. The number of nitrogens with one attached hydrogen (secondary N) is 1. The summed E-state index contributed by atoms with van der Waals surface area (Å²) in [5.74, 6) is 1.78. The van der Waals surface area contributed by atoms with E-state index in [1.54, 1.807) is 35.8 Å². The van der Waals surface area contributed by atoms with Crippen molar-refractivity contribution in [1.82, 2.24) is 24.4 Å². The Balaban J connectivity index is 1.44. The van der Waals surface area contributed by atoms with Crippen LogP contribution in [0.1, 0.15) is 45.5 Å². The molecule has 2 heterocycles. The molecule has 1 N–H and O–H groups in total. The van der Waals surface area contributed by atoms with E-state index in [9.17, 15) is 8.42 Å². The molecule has 0 aliphatic carbocycles. The fourth-order valence-electron chi connectivity index (χ4n) is 4.31. The van der Waals surface area contributed by atoms with Gasteiger partial charge < -0.3 is 19.3 Å². The van der Waals surface area contributed by atoms with Crippen LogP contribution in [0.3, 0.4) is 0 Å². The Kier molecular flexibility index (Phi) is 9.24. The van der Waals surface area contributed by atoms with Crippen LogP contribution in [0.2, 0.25) is 0 Å². The average Bonchev–Trinajstić information content (AvgIpc) is 3.32. The summed E-state index contributed by atoms with van der Waals surface area (Å²) in [6.45, 7) is 10.9. The fraction of sp³-hybridized carbons (Fsp3) is 0.481. The van der Waals surface area contributed by atoms with Crippen LogP contribution in [0.4, 0.5) is 5.69 Å². The van der Waals surface area contributed by atoms with Gasteiger partial charge in [0, 0.05) is 44.5 Å². The maximum absolute atomic E-state index is 13.0. The third kappa shape index (κ3) is 6.83. The van der Waals surface area contributed by atoms with Gasteiger partial charge in [0.25, 0.3) is 0 Å². The van der Waals surface area contributed by atoms with Gasteiger partial charge in [-0.3, -0.25) is 4.57 Å². The SMILES string of the molecule is CCCCOc1ccc(S(=O)(=O)N[C@H](C)c2nnc(Oc3cccc(N4CCN(C)CC4)c3)n2CC)cc1. The van der Waals surface area contributed by atoms with E-state index in [1.165, 1.54) is 0 Å². The van der Waals surface area contributed by atoms with Crippen molar-refractivity contribution >= 4 is 15.7 Å². The molecule has 206 valence electrons. The van der Waals surface area contributed by atoms with Crippen LogP contribution in [-0.4, -0.2) is 67.9 Å². The summed E-state index contributed by atoms with van der Waals surface area (Å²) in [6, 6.07) is 14.1. The van der Waals surface area contributed by atoms with Gasteiger partial charge in [0.2, 0.25) is 10.0 Å². The monoisotopic (exact) mass is 542 g/mol. The first kappa shape index (κ1) is 27.9. The highest BCUT2D eigenvalue weighted by Crippen LogP contribution is 2.28. The number of nitrogens with zero attached hydrogens (tertiary/aromatic N) is 5. The first-order valence-corrected chi connectivity index (χ1v) is 14.7. The molecule has 0 saturated carbocycles. The van der Waals surface area contributed by atoms with Gasteiger partial charge in [0.1, 0.15) is 11.5 Å². The van der Waals surface area contributed by atoms with E-state index in [0.717, 1.165) is 44.7 Å². The molecule has 0 amide bonds. The first-order chi connectivity index (χ1) is 18.3. The summed E-state index contributed by atoms with van der Waals surface area (Å²) in [4.78, 5) is 4.81. The molecule has 0 radical (unpaired) electrons. The van der Waals surface area contributed by atoms with Crippen molar-refractivity contribution in [2.45, 2.75) is 51.1 Å². The number of benzene rings is 2. The molecule has 1 fully saturated rings. The lowest BCUT2D eigenvalue weighted by Crippen LogP contribution is -2.44. The number of piperazine rings is 1. The summed E-state index contributed by atoms with van der Waals surface area (Å²) < 4.78 is 42.3. The number of ether oxygens (including phenoxy) is 2. The zero-order valence-electron chi connectivity index (χ0n) is 22.6. The van der Waals surface area contributed by atoms with Gasteiger partial charge in [-0.2, -0.15) is 0 Å². The van der Waals surface area contributed by atoms with E-state index in [-0.39, 0.29) is 4.90 Å². The Morgan fingerprint density at radius 1 is 1.00 bits per heavy atom. The maximum atomic E-state index is 13.0. The third-order valence-corrected chi connectivity index (χ3v) is 8.13. The molecule has 2 aromatic carbocycles. The minimum atomic E-state index is -3.78. The first-order valence-electron chi connectivity index (χ1n) is 13.2. The van der Waals surface area contributed by atoms with Gasteiger partial charge in [-0.1, -0.05) is 24.5 Å². The Morgan fingerprint density at radius 3 is 2.42 bits per heavy atom. The summed E-state index contributed by atoms with van der Waals surface area (Å²) in [5, 5.41) is 8.49. The van der Waals surface area contributed by atoms with Crippen LogP contribution in [0.25, 0.3) is 0 Å². The van der Waals surface area contributed by atoms with Crippen LogP contribution < -0.4 is 19.1 Å². The lowest BCUT2D eigenvalue weighted by atomic mass is 10.2. The predicted molar refractivity (Wildman–Crippen MR) is 148 cm³/mol. The molecule has 1 aliphatic heterocycles. The van der Waals surface area contributed by atoms with E-state index >= 15 is 0 Å². The van der Waals surface area contributed by atoms with Crippen LogP contribution in [0.15, 0.2) is 53.4 Å². The zero-order chi connectivity index (χ0) is 27.1. The fourth-order valence-corrected chi connectivity index (χ4v) is 5.51. The average molecular weight is 543 g/mol. The third-order valence-electron chi connectivity index (χ3n) is 6.58. The van der Waals surface area contributed by atoms with Gasteiger partial charge in [0.15, 0.2) is 5.82 Å². The number of aromatic nitrogens is 3. The van der Waals surface area contributed by atoms with Gasteiger partial charge in [-0.25, -0.2) is 13.1 Å². The number of rotatable bonds is 12. The molecule has 3 aromatic rings. The van der Waals surface area contributed by atoms with Crippen LogP contribution in [-0.2, 0) is 16.6 Å². The molecule has 10 nitrogen and oxygen atoms in total. The van der Waals surface area contributed by atoms with E-state index in [2.05, 4.69) is 44.8 Å². The molecule has 1 atom stereocenters. The minimum Gasteiger partial charge on any atom is -0.494 e. The maximum Gasteiger partial charge on any atom is 0.322 e. The van der Waals surface area contributed by atoms with Crippen molar-refractivity contribution in [3.63, 3.8) is 0 Å². The number of likely N-dealkylation sites (N-methyl/N-ethyl adjacent to an activating group) is 1. The highest BCUT2D eigenvalue weighted by molar-refractivity contribution is 7.89. The Hall–Kier alpha value is -3.15. The molecule has 1 saturated heterocycles. The molecule has 1 aliphatic rings. The summed E-state index contributed by atoms with van der Waals surface area (Å²) in [5.41, 5.74) is 1.10. The summed E-state index contributed by atoms with van der Waals surface area (Å²) >= 11 is 0. The Morgan fingerprint density at radius 2 is 1.74 bits per heavy atom. The quantitative estimate of drug-likeness (QED) is 0.342. The molecule has 1 aromatic heterocycles. The van der Waals surface area contributed by atoms with Crippen LogP contribution >= 0.6 is 0 Å². The van der Waals surface area contributed by atoms with Gasteiger partial charge in [-0.05, 0) is 63.7 Å². The molecule has 0 unspecified atom stereocenters. The summed E-state index contributed by atoms with van der Waals surface area (Å²) in [7, 11) is -1.65. The van der Waals surface area contributed by atoms with Gasteiger partial charge in [0.05, 0.1) is 17.5 Å². The van der Waals surface area contributed by atoms with E-state index in [1.807, 2.05) is 25.1 Å². The van der Waals surface area contributed by atoms with Gasteiger partial charge >= 0.3 is 6.01 Å². The smallest absolute Gasteiger partial charge is 0.322 e. The van der Waals surface area contributed by atoms with Crippen LogP contribution in [0.5, 0.6) is 17.5 Å². The molecule has 11 heteroatoms. The highest BCUT2D eigenvalue weighted by atomic mass is 32.2. The molecule has 38 heavy (non-hydrogen) atoms. The van der Waals surface area contributed by atoms with Crippen molar-refractivity contribution in [2.75, 3.05) is 44.7 Å². The normalized spacial score (nSPS) is 15.4. The van der Waals surface area contributed by atoms with E-state index in [4.69, 9.17) is 9.47 Å². The second-order valence-electron chi connectivity index (χ2n) is 9.49. The lowest BCUT2D eigenvalue weighted by molar-refractivity contribution is 0.309. The minimum absolute atomic E-state index is 0.159. The van der Waals surface area contributed by atoms with Crippen molar-refractivity contribution in [3.05, 3.63) is 54.4 Å². The number of hydrogen-bond acceptors (Lipinski definition) is 8.